The van der Waals surface area contributed by atoms with Crippen LogP contribution in [-0.4, -0.2) is 8.79 Å². The lowest BCUT2D eigenvalue weighted by Crippen LogP contribution is -2.19. The van der Waals surface area contributed by atoms with E-state index < -0.39 is 3.41 Å². The second kappa shape index (κ2) is 6.74. The maximum Gasteiger partial charge on any atom is 0.115 e. The van der Waals surface area contributed by atoms with Crippen molar-refractivity contribution in [2.75, 3.05) is 0 Å². The van der Waals surface area contributed by atoms with Gasteiger partial charge in [0.2, 0.25) is 0 Å². The quantitative estimate of drug-likeness (QED) is 0.268. The minimum atomic E-state index is -0.645. The SMILES string of the molecule is CCCCCCC(Cl)C(S)(S)S. The smallest absolute Gasteiger partial charge is 0.115 e. The molecule has 4 heteroatoms. The molecule has 1 atom stereocenters. The van der Waals surface area contributed by atoms with Crippen molar-refractivity contribution in [2.45, 2.75) is 47.8 Å². The molecule has 1 unspecified atom stereocenters. The number of halogens is 1. The Morgan fingerprint density at radius 1 is 1.17 bits per heavy atom. The fourth-order valence-electron chi connectivity index (χ4n) is 0.944. The Labute approximate surface area is 97.1 Å². The first-order chi connectivity index (χ1) is 5.48. The van der Waals surface area contributed by atoms with Crippen molar-refractivity contribution in [1.82, 2.24) is 0 Å². The Bertz CT molecular complexity index is 111. The minimum absolute atomic E-state index is 0.0654. The summed E-state index contributed by atoms with van der Waals surface area (Å²) in [5.74, 6) is 0. The van der Waals surface area contributed by atoms with Gasteiger partial charge in [-0.3, -0.25) is 0 Å². The molecule has 0 aromatic rings. The van der Waals surface area contributed by atoms with Crippen LogP contribution in [0.3, 0.4) is 0 Å². The van der Waals surface area contributed by atoms with Gasteiger partial charge in [-0.15, -0.1) is 49.5 Å². The van der Waals surface area contributed by atoms with E-state index in [1.54, 1.807) is 0 Å². The molecule has 0 rings (SSSR count). The van der Waals surface area contributed by atoms with Crippen LogP contribution in [0.1, 0.15) is 39.0 Å². The van der Waals surface area contributed by atoms with Gasteiger partial charge in [-0.1, -0.05) is 32.6 Å². The molecule has 0 saturated carbocycles. The van der Waals surface area contributed by atoms with Crippen molar-refractivity contribution in [1.29, 1.82) is 0 Å². The molecule has 0 amide bonds. The van der Waals surface area contributed by atoms with E-state index in [1.807, 2.05) is 0 Å². The van der Waals surface area contributed by atoms with Gasteiger partial charge in [0.05, 0.1) is 5.38 Å². The van der Waals surface area contributed by atoms with Gasteiger partial charge in [-0.25, -0.2) is 0 Å². The van der Waals surface area contributed by atoms with Gasteiger partial charge in [-0.2, -0.15) is 0 Å². The molecule has 74 valence electrons. The predicted molar refractivity (Wildman–Crippen MR) is 68.1 cm³/mol. The summed E-state index contributed by atoms with van der Waals surface area (Å²) >= 11 is 18.5. The minimum Gasteiger partial charge on any atom is -0.150 e. The molecule has 0 aromatic carbocycles. The van der Waals surface area contributed by atoms with Gasteiger partial charge < -0.3 is 0 Å². The third kappa shape index (κ3) is 6.81. The summed E-state index contributed by atoms with van der Waals surface area (Å²) in [6, 6.07) is 0. The van der Waals surface area contributed by atoms with Crippen LogP contribution >= 0.6 is 49.5 Å². The summed E-state index contributed by atoms with van der Waals surface area (Å²) in [5, 5.41) is -0.0654. The van der Waals surface area contributed by atoms with Crippen LogP contribution in [0.4, 0.5) is 0 Å². The Morgan fingerprint density at radius 3 is 2.17 bits per heavy atom. The zero-order valence-electron chi connectivity index (χ0n) is 7.33. The maximum absolute atomic E-state index is 6.01. The lowest BCUT2D eigenvalue weighted by Gasteiger charge is -2.21. The second-order valence-electron chi connectivity index (χ2n) is 3.00. The molecule has 0 fully saturated rings. The molecule has 0 nitrogen and oxygen atoms in total. The number of hydrogen-bond donors (Lipinski definition) is 3. The Hall–Kier alpha value is 1.34. The average molecular weight is 245 g/mol. The first-order valence-electron chi connectivity index (χ1n) is 4.29. The van der Waals surface area contributed by atoms with E-state index in [4.69, 9.17) is 11.6 Å². The Morgan fingerprint density at radius 2 is 1.75 bits per heavy atom. The number of alkyl halides is 1. The van der Waals surface area contributed by atoms with E-state index in [-0.39, 0.29) is 5.38 Å². The van der Waals surface area contributed by atoms with E-state index in [9.17, 15) is 0 Å². The molecule has 0 aromatic heterocycles. The Balaban J connectivity index is 3.38. The molecule has 0 bridgehead atoms. The molecule has 0 radical (unpaired) electrons. The van der Waals surface area contributed by atoms with Gasteiger partial charge in [0.1, 0.15) is 3.41 Å². The highest BCUT2D eigenvalue weighted by Gasteiger charge is 2.24. The van der Waals surface area contributed by atoms with Crippen molar-refractivity contribution in [3.8, 4) is 0 Å². The lowest BCUT2D eigenvalue weighted by molar-refractivity contribution is 0.622. The number of thiol groups is 3. The lowest BCUT2D eigenvalue weighted by atomic mass is 10.1. The van der Waals surface area contributed by atoms with Crippen molar-refractivity contribution in [3.05, 3.63) is 0 Å². The summed E-state index contributed by atoms with van der Waals surface area (Å²) in [7, 11) is 0. The molecule has 0 spiro atoms. The van der Waals surface area contributed by atoms with Gasteiger partial charge in [-0.05, 0) is 6.42 Å². The number of hydrogen-bond acceptors (Lipinski definition) is 3. The van der Waals surface area contributed by atoms with Crippen LogP contribution < -0.4 is 0 Å². The molecule has 0 N–H and O–H groups in total. The van der Waals surface area contributed by atoms with E-state index in [1.165, 1.54) is 19.3 Å². The highest BCUT2D eigenvalue weighted by Crippen LogP contribution is 2.35. The van der Waals surface area contributed by atoms with Gasteiger partial charge in [0.25, 0.3) is 0 Å². The highest BCUT2D eigenvalue weighted by atomic mass is 35.5. The zero-order valence-corrected chi connectivity index (χ0v) is 10.8. The predicted octanol–water partition coefficient (Wildman–Crippen LogP) is 4.01. The van der Waals surface area contributed by atoms with Crippen LogP contribution in [-0.2, 0) is 0 Å². The molecular formula is C8H17ClS3. The van der Waals surface area contributed by atoms with Crippen LogP contribution in [0, 0.1) is 0 Å². The van der Waals surface area contributed by atoms with Gasteiger partial charge in [0, 0.05) is 0 Å². The maximum atomic E-state index is 6.01. The summed E-state index contributed by atoms with van der Waals surface area (Å²) in [6.45, 7) is 2.19. The topological polar surface area (TPSA) is 0 Å². The van der Waals surface area contributed by atoms with Crippen LogP contribution in [0.2, 0.25) is 0 Å². The molecule has 12 heavy (non-hydrogen) atoms. The first kappa shape index (κ1) is 13.3. The van der Waals surface area contributed by atoms with Gasteiger partial charge in [0.15, 0.2) is 0 Å². The zero-order chi connectivity index (χ0) is 9.61. The van der Waals surface area contributed by atoms with Crippen LogP contribution in [0.15, 0.2) is 0 Å². The fraction of sp³-hybridized carbons (Fsp3) is 1.00. The van der Waals surface area contributed by atoms with E-state index in [0.717, 1.165) is 12.8 Å². The van der Waals surface area contributed by atoms with E-state index >= 15 is 0 Å². The molecular weight excluding hydrogens is 228 g/mol. The average Bonchev–Trinajstić information content (AvgIpc) is 1.96. The van der Waals surface area contributed by atoms with Crippen molar-refractivity contribution < 1.29 is 0 Å². The highest BCUT2D eigenvalue weighted by molar-refractivity contribution is 8.17. The van der Waals surface area contributed by atoms with Crippen LogP contribution in [0.25, 0.3) is 0 Å². The van der Waals surface area contributed by atoms with Gasteiger partial charge >= 0.3 is 0 Å². The number of unbranched alkanes of at least 4 members (excludes halogenated alkanes) is 3. The normalized spacial score (nSPS) is 14.8. The standard InChI is InChI=1S/C8H17ClS3/c1-2-3-4-5-6-7(9)8(10,11)12/h7,10-12H,2-6H2,1H3. The van der Waals surface area contributed by atoms with Crippen molar-refractivity contribution >= 4 is 49.5 Å². The molecule has 0 saturated heterocycles. The largest absolute Gasteiger partial charge is 0.150 e. The third-order valence-electron chi connectivity index (χ3n) is 1.73. The fourth-order valence-corrected chi connectivity index (χ4v) is 1.49. The third-order valence-corrected chi connectivity index (χ3v) is 3.67. The second-order valence-corrected chi connectivity index (χ2v) is 6.71. The molecule has 0 aliphatic carbocycles. The monoisotopic (exact) mass is 244 g/mol. The summed E-state index contributed by atoms with van der Waals surface area (Å²) in [6.07, 6.45) is 5.86. The summed E-state index contributed by atoms with van der Waals surface area (Å²) in [5.41, 5.74) is 0. The van der Waals surface area contributed by atoms with Crippen molar-refractivity contribution in [3.63, 3.8) is 0 Å². The molecule has 0 aliphatic rings. The first-order valence-corrected chi connectivity index (χ1v) is 6.07. The van der Waals surface area contributed by atoms with E-state index in [0.29, 0.717) is 0 Å². The molecule has 0 heterocycles. The van der Waals surface area contributed by atoms with Crippen LogP contribution in [0.5, 0.6) is 0 Å². The Kier molecular flexibility index (Phi) is 7.50. The van der Waals surface area contributed by atoms with Crippen molar-refractivity contribution in [2.24, 2.45) is 0 Å². The molecule has 0 aliphatic heterocycles. The summed E-state index contributed by atoms with van der Waals surface area (Å²) < 4.78 is -0.645. The van der Waals surface area contributed by atoms with E-state index in [2.05, 4.69) is 44.8 Å². The summed E-state index contributed by atoms with van der Waals surface area (Å²) in [4.78, 5) is 0. The number of rotatable bonds is 6.